The Bertz CT molecular complexity index is 355. The van der Waals surface area contributed by atoms with E-state index in [1.54, 1.807) is 0 Å². The molecule has 0 aliphatic carbocycles. The molecule has 0 saturated heterocycles. The molecule has 20 heavy (non-hydrogen) atoms. The van der Waals surface area contributed by atoms with Crippen LogP contribution >= 0.6 is 0 Å². The van der Waals surface area contributed by atoms with Gasteiger partial charge in [-0.1, -0.05) is 64.4 Å². The number of nitrogens with one attached hydrogen (secondary N) is 1. The van der Waals surface area contributed by atoms with Gasteiger partial charge in [0.15, 0.2) is 0 Å². The van der Waals surface area contributed by atoms with Gasteiger partial charge in [-0.3, -0.25) is 0 Å². The molecule has 1 aromatic rings. The van der Waals surface area contributed by atoms with Gasteiger partial charge in [0.25, 0.3) is 0 Å². The Morgan fingerprint density at radius 1 is 1.15 bits per heavy atom. The van der Waals surface area contributed by atoms with Crippen LogP contribution in [0.4, 0.5) is 0 Å². The van der Waals surface area contributed by atoms with E-state index in [-0.39, 0.29) is 6.61 Å². The summed E-state index contributed by atoms with van der Waals surface area (Å²) in [7, 11) is 0. The minimum atomic E-state index is 0.287. The molecule has 2 unspecified atom stereocenters. The lowest BCUT2D eigenvalue weighted by molar-refractivity contribution is 0.241. The van der Waals surface area contributed by atoms with Gasteiger partial charge in [-0.2, -0.15) is 0 Å². The van der Waals surface area contributed by atoms with Crippen LogP contribution in [0.15, 0.2) is 30.3 Å². The summed E-state index contributed by atoms with van der Waals surface area (Å²) in [5, 5.41) is 12.8. The van der Waals surface area contributed by atoms with Crippen LogP contribution in [-0.2, 0) is 0 Å². The summed E-state index contributed by atoms with van der Waals surface area (Å²) < 4.78 is 0. The standard InChI is InChI=1S/C18H31NO/c1-5-15(11-12-20)14-19-17(13-18(2,3)4)16-9-7-6-8-10-16/h6-10,15,17,19-20H,5,11-14H2,1-4H3. The normalized spacial score (nSPS) is 15.1. The van der Waals surface area contributed by atoms with Gasteiger partial charge in [0.05, 0.1) is 0 Å². The second-order valence-electron chi connectivity index (χ2n) is 6.92. The van der Waals surface area contributed by atoms with Gasteiger partial charge in [-0.05, 0) is 36.3 Å². The van der Waals surface area contributed by atoms with E-state index >= 15 is 0 Å². The van der Waals surface area contributed by atoms with Crippen LogP contribution in [0.25, 0.3) is 0 Å². The minimum Gasteiger partial charge on any atom is -0.396 e. The van der Waals surface area contributed by atoms with Crippen molar-refractivity contribution in [1.29, 1.82) is 0 Å². The highest BCUT2D eigenvalue weighted by molar-refractivity contribution is 5.19. The fourth-order valence-electron chi connectivity index (χ4n) is 2.55. The monoisotopic (exact) mass is 277 g/mol. The maximum Gasteiger partial charge on any atom is 0.0434 e. The predicted molar refractivity (Wildman–Crippen MR) is 86.7 cm³/mol. The second-order valence-corrected chi connectivity index (χ2v) is 6.92. The van der Waals surface area contributed by atoms with Gasteiger partial charge in [-0.25, -0.2) is 0 Å². The Morgan fingerprint density at radius 2 is 1.80 bits per heavy atom. The summed E-state index contributed by atoms with van der Waals surface area (Å²) in [5.41, 5.74) is 1.66. The third-order valence-electron chi connectivity index (χ3n) is 3.79. The van der Waals surface area contributed by atoms with Crippen molar-refractivity contribution in [3.8, 4) is 0 Å². The first-order valence-corrected chi connectivity index (χ1v) is 7.85. The quantitative estimate of drug-likeness (QED) is 0.747. The van der Waals surface area contributed by atoms with Crippen molar-refractivity contribution in [3.63, 3.8) is 0 Å². The Kier molecular flexibility index (Phi) is 7.25. The molecule has 2 heteroatoms. The van der Waals surface area contributed by atoms with E-state index in [2.05, 4.69) is 63.3 Å². The summed E-state index contributed by atoms with van der Waals surface area (Å²) in [5.74, 6) is 0.561. The van der Waals surface area contributed by atoms with Crippen molar-refractivity contribution in [2.24, 2.45) is 11.3 Å². The predicted octanol–water partition coefficient (Wildman–Crippen LogP) is 4.16. The van der Waals surface area contributed by atoms with E-state index < -0.39 is 0 Å². The zero-order valence-electron chi connectivity index (χ0n) is 13.5. The minimum absolute atomic E-state index is 0.287. The largest absolute Gasteiger partial charge is 0.396 e. The van der Waals surface area contributed by atoms with Gasteiger partial charge < -0.3 is 10.4 Å². The highest BCUT2D eigenvalue weighted by atomic mass is 16.3. The fourth-order valence-corrected chi connectivity index (χ4v) is 2.55. The van der Waals surface area contributed by atoms with Gasteiger partial charge in [0.2, 0.25) is 0 Å². The van der Waals surface area contributed by atoms with Crippen molar-refractivity contribution < 1.29 is 5.11 Å². The molecular weight excluding hydrogens is 246 g/mol. The van der Waals surface area contributed by atoms with Crippen molar-refractivity contribution >= 4 is 0 Å². The average Bonchev–Trinajstić information content (AvgIpc) is 2.41. The Labute approximate surface area is 124 Å². The van der Waals surface area contributed by atoms with Crippen LogP contribution in [0.1, 0.15) is 58.6 Å². The molecule has 2 nitrogen and oxygen atoms in total. The van der Waals surface area contributed by atoms with E-state index in [1.807, 2.05) is 0 Å². The van der Waals surface area contributed by atoms with Crippen molar-refractivity contribution in [2.75, 3.05) is 13.2 Å². The molecule has 0 fully saturated rings. The average molecular weight is 277 g/mol. The van der Waals surface area contributed by atoms with Gasteiger partial charge >= 0.3 is 0 Å². The molecule has 2 atom stereocenters. The molecule has 0 bridgehead atoms. The number of aliphatic hydroxyl groups excluding tert-OH is 1. The lowest BCUT2D eigenvalue weighted by Crippen LogP contribution is -2.30. The Morgan fingerprint density at radius 3 is 2.30 bits per heavy atom. The maximum atomic E-state index is 9.11. The van der Waals surface area contributed by atoms with Crippen molar-refractivity contribution in [2.45, 2.75) is 53.0 Å². The second kappa shape index (κ2) is 8.43. The third-order valence-corrected chi connectivity index (χ3v) is 3.79. The van der Waals surface area contributed by atoms with E-state index in [9.17, 15) is 0 Å². The fraction of sp³-hybridized carbons (Fsp3) is 0.667. The molecule has 0 aliphatic rings. The van der Waals surface area contributed by atoms with Crippen LogP contribution in [-0.4, -0.2) is 18.3 Å². The number of hydrogen-bond donors (Lipinski definition) is 2. The zero-order chi connectivity index (χ0) is 15.0. The van der Waals surface area contributed by atoms with E-state index in [4.69, 9.17) is 5.11 Å². The molecular formula is C18H31NO. The van der Waals surface area contributed by atoms with Crippen LogP contribution in [0.5, 0.6) is 0 Å². The number of benzene rings is 1. The first-order valence-electron chi connectivity index (χ1n) is 7.85. The highest BCUT2D eigenvalue weighted by Crippen LogP contribution is 2.29. The lowest BCUT2D eigenvalue weighted by atomic mass is 9.85. The first kappa shape index (κ1) is 17.2. The lowest BCUT2D eigenvalue weighted by Gasteiger charge is -2.29. The highest BCUT2D eigenvalue weighted by Gasteiger charge is 2.20. The van der Waals surface area contributed by atoms with Crippen LogP contribution < -0.4 is 5.32 Å². The van der Waals surface area contributed by atoms with Crippen LogP contribution in [0.3, 0.4) is 0 Å². The first-order chi connectivity index (χ1) is 9.46. The molecule has 0 spiro atoms. The van der Waals surface area contributed by atoms with Crippen LogP contribution in [0, 0.1) is 11.3 Å². The number of rotatable bonds is 8. The van der Waals surface area contributed by atoms with Crippen LogP contribution in [0.2, 0.25) is 0 Å². The van der Waals surface area contributed by atoms with Crippen molar-refractivity contribution in [3.05, 3.63) is 35.9 Å². The Balaban J connectivity index is 2.68. The van der Waals surface area contributed by atoms with E-state index in [1.165, 1.54) is 5.56 Å². The van der Waals surface area contributed by atoms with E-state index in [0.29, 0.717) is 17.4 Å². The summed E-state index contributed by atoms with van der Waals surface area (Å²) in [6, 6.07) is 11.1. The molecule has 114 valence electrons. The zero-order valence-corrected chi connectivity index (χ0v) is 13.5. The van der Waals surface area contributed by atoms with E-state index in [0.717, 1.165) is 25.8 Å². The molecule has 1 rings (SSSR count). The van der Waals surface area contributed by atoms with Gasteiger partial charge in [-0.15, -0.1) is 0 Å². The molecule has 0 amide bonds. The molecule has 0 aromatic heterocycles. The molecule has 0 aliphatic heterocycles. The summed E-state index contributed by atoms with van der Waals surface area (Å²) in [6.45, 7) is 10.3. The topological polar surface area (TPSA) is 32.3 Å². The summed E-state index contributed by atoms with van der Waals surface area (Å²) in [4.78, 5) is 0. The summed E-state index contributed by atoms with van der Waals surface area (Å²) in [6.07, 6.45) is 3.12. The summed E-state index contributed by atoms with van der Waals surface area (Å²) >= 11 is 0. The Hall–Kier alpha value is -0.860. The van der Waals surface area contributed by atoms with Crippen molar-refractivity contribution in [1.82, 2.24) is 5.32 Å². The number of aliphatic hydroxyl groups is 1. The molecule has 0 radical (unpaired) electrons. The van der Waals surface area contributed by atoms with Gasteiger partial charge in [0.1, 0.15) is 0 Å². The maximum absolute atomic E-state index is 9.11. The third kappa shape index (κ3) is 6.53. The molecule has 1 aromatic carbocycles. The van der Waals surface area contributed by atoms with Gasteiger partial charge in [0, 0.05) is 12.6 Å². The SMILES string of the molecule is CCC(CCO)CNC(CC(C)(C)C)c1ccccc1. The smallest absolute Gasteiger partial charge is 0.0434 e. The molecule has 2 N–H and O–H groups in total. The number of hydrogen-bond acceptors (Lipinski definition) is 2. The molecule has 0 heterocycles. The molecule has 0 saturated carbocycles.